The predicted octanol–water partition coefficient (Wildman–Crippen LogP) is 3.90. The molecule has 0 saturated carbocycles. The lowest BCUT2D eigenvalue weighted by atomic mass is 10.1. The molecular weight excluding hydrogens is 310 g/mol. The molecule has 0 fully saturated rings. The van der Waals surface area contributed by atoms with Crippen molar-refractivity contribution in [2.24, 2.45) is 0 Å². The summed E-state index contributed by atoms with van der Waals surface area (Å²) >= 11 is 0. The van der Waals surface area contributed by atoms with Crippen LogP contribution in [0.1, 0.15) is 24.2 Å². The van der Waals surface area contributed by atoms with E-state index in [-0.39, 0.29) is 5.91 Å². The van der Waals surface area contributed by atoms with E-state index in [0.29, 0.717) is 0 Å². The van der Waals surface area contributed by atoms with Gasteiger partial charge in [-0.05, 0) is 38.1 Å². The number of hydrogen-bond acceptors (Lipinski definition) is 2. The van der Waals surface area contributed by atoms with Gasteiger partial charge in [0.1, 0.15) is 0 Å². The van der Waals surface area contributed by atoms with Crippen molar-refractivity contribution in [1.29, 1.82) is 0 Å². The van der Waals surface area contributed by atoms with E-state index in [9.17, 15) is 4.79 Å². The van der Waals surface area contributed by atoms with Gasteiger partial charge in [-0.15, -0.1) is 0 Å². The molecule has 132 valence electrons. The number of nitrogens with zero attached hydrogens (tertiary/aromatic N) is 3. The first-order chi connectivity index (χ1) is 12.0. The van der Waals surface area contributed by atoms with Gasteiger partial charge < -0.3 is 14.3 Å². The molecule has 0 spiro atoms. The molecule has 0 unspecified atom stereocenters. The van der Waals surface area contributed by atoms with Crippen molar-refractivity contribution < 1.29 is 9.28 Å². The van der Waals surface area contributed by atoms with Crippen molar-refractivity contribution in [3.05, 3.63) is 54.1 Å². The molecule has 2 aromatic carbocycles. The largest absolute Gasteiger partial charge is 0.333 e. The van der Waals surface area contributed by atoms with E-state index in [0.717, 1.165) is 53.3 Å². The molecule has 1 heterocycles. The number of rotatable bonds is 5. The number of anilines is 3. The normalized spacial score (nSPS) is 14.2. The lowest BCUT2D eigenvalue weighted by Gasteiger charge is -2.35. The molecule has 2 aromatic rings. The van der Waals surface area contributed by atoms with Gasteiger partial charge in [0.2, 0.25) is 0 Å². The number of benzene rings is 2. The third-order valence-electron chi connectivity index (χ3n) is 5.65. The second-order valence-electron chi connectivity index (χ2n) is 7.00. The highest BCUT2D eigenvalue weighted by Crippen LogP contribution is 2.39. The Labute approximate surface area is 150 Å². The minimum absolute atomic E-state index is 0.0498. The summed E-state index contributed by atoms with van der Waals surface area (Å²) in [7, 11) is 4.16. The van der Waals surface area contributed by atoms with Gasteiger partial charge in [0.05, 0.1) is 55.9 Å². The zero-order chi connectivity index (χ0) is 18.0. The second kappa shape index (κ2) is 6.89. The smallest absolute Gasteiger partial charge is 0.260 e. The van der Waals surface area contributed by atoms with Gasteiger partial charge in [-0.25, -0.2) is 0 Å². The first-order valence-corrected chi connectivity index (χ1v) is 9.08. The summed E-state index contributed by atoms with van der Waals surface area (Å²) in [6.07, 6.45) is 0. The lowest BCUT2D eigenvalue weighted by Crippen LogP contribution is -2.47. The van der Waals surface area contributed by atoms with Crippen molar-refractivity contribution in [1.82, 2.24) is 0 Å². The van der Waals surface area contributed by atoms with Crippen LogP contribution in [0.5, 0.6) is 0 Å². The molecular formula is C21H28N3O+. The Kier molecular flexibility index (Phi) is 4.82. The van der Waals surface area contributed by atoms with Crippen LogP contribution < -0.4 is 9.80 Å². The molecule has 4 heteroatoms. The van der Waals surface area contributed by atoms with E-state index < -0.39 is 0 Å². The summed E-state index contributed by atoms with van der Waals surface area (Å²) in [5.41, 5.74) is 3.83. The number of quaternary nitrogens is 1. The zero-order valence-electron chi connectivity index (χ0n) is 15.7. The Balaban J connectivity index is 2.08. The van der Waals surface area contributed by atoms with Crippen LogP contribution in [0, 0.1) is 0 Å². The molecule has 0 aliphatic carbocycles. The quantitative estimate of drug-likeness (QED) is 0.772. The summed E-state index contributed by atoms with van der Waals surface area (Å²) in [4.78, 5) is 17.0. The third-order valence-corrected chi connectivity index (χ3v) is 5.65. The zero-order valence-corrected chi connectivity index (χ0v) is 15.7. The number of amides is 1. The maximum absolute atomic E-state index is 13.0. The van der Waals surface area contributed by atoms with Crippen LogP contribution in [0.3, 0.4) is 0 Å². The van der Waals surface area contributed by atoms with Crippen molar-refractivity contribution in [3.63, 3.8) is 0 Å². The predicted molar refractivity (Wildman–Crippen MR) is 105 cm³/mol. The van der Waals surface area contributed by atoms with Gasteiger partial charge in [0.15, 0.2) is 0 Å². The SMILES string of the molecule is CC[N+](C)(CC)CCN1c2ccccc2C(=O)N(C)c2ccccc21. The van der Waals surface area contributed by atoms with E-state index in [4.69, 9.17) is 0 Å². The molecule has 0 bridgehead atoms. The van der Waals surface area contributed by atoms with Gasteiger partial charge in [-0.1, -0.05) is 24.3 Å². The first kappa shape index (κ1) is 17.5. The number of para-hydroxylation sites is 3. The van der Waals surface area contributed by atoms with Crippen molar-refractivity contribution in [2.75, 3.05) is 50.1 Å². The number of carbonyl (C=O) groups is 1. The van der Waals surface area contributed by atoms with Crippen LogP contribution in [-0.2, 0) is 0 Å². The van der Waals surface area contributed by atoms with Crippen LogP contribution in [0.25, 0.3) is 0 Å². The topological polar surface area (TPSA) is 23.6 Å². The standard InChI is InChI=1S/C21H28N3O/c1-5-24(4,6-2)16-15-23-18-12-8-7-11-17(18)21(25)22(3)19-13-9-10-14-20(19)23/h7-14H,5-6,15-16H2,1-4H3/q+1. The number of carbonyl (C=O) groups excluding carboxylic acids is 1. The van der Waals surface area contributed by atoms with Gasteiger partial charge in [0, 0.05) is 7.05 Å². The maximum Gasteiger partial charge on any atom is 0.260 e. The highest BCUT2D eigenvalue weighted by atomic mass is 16.2. The molecule has 1 amide bonds. The number of hydrogen-bond donors (Lipinski definition) is 0. The van der Waals surface area contributed by atoms with Crippen molar-refractivity contribution in [2.45, 2.75) is 13.8 Å². The van der Waals surface area contributed by atoms with E-state index in [1.165, 1.54) is 0 Å². The van der Waals surface area contributed by atoms with E-state index in [1.54, 1.807) is 4.90 Å². The number of fused-ring (bicyclic) bond motifs is 2. The van der Waals surface area contributed by atoms with Crippen LogP contribution in [0.15, 0.2) is 48.5 Å². The van der Waals surface area contributed by atoms with Gasteiger partial charge in [0.25, 0.3) is 5.91 Å². The van der Waals surface area contributed by atoms with Crippen LogP contribution in [-0.4, -0.2) is 50.7 Å². The highest BCUT2D eigenvalue weighted by molar-refractivity contribution is 6.13. The van der Waals surface area contributed by atoms with Crippen LogP contribution in [0.4, 0.5) is 17.1 Å². The van der Waals surface area contributed by atoms with E-state index >= 15 is 0 Å². The summed E-state index contributed by atoms with van der Waals surface area (Å²) in [5, 5.41) is 0. The molecule has 4 nitrogen and oxygen atoms in total. The highest BCUT2D eigenvalue weighted by Gasteiger charge is 2.29. The van der Waals surface area contributed by atoms with Gasteiger partial charge >= 0.3 is 0 Å². The molecule has 1 aliphatic heterocycles. The monoisotopic (exact) mass is 338 g/mol. The molecule has 0 radical (unpaired) electrons. The number of likely N-dealkylation sites (N-methyl/N-ethyl adjacent to an activating group) is 1. The average molecular weight is 338 g/mol. The molecule has 0 atom stereocenters. The first-order valence-electron chi connectivity index (χ1n) is 9.08. The van der Waals surface area contributed by atoms with Crippen LogP contribution >= 0.6 is 0 Å². The fourth-order valence-electron chi connectivity index (χ4n) is 3.41. The third kappa shape index (κ3) is 3.14. The molecule has 25 heavy (non-hydrogen) atoms. The Morgan fingerprint density at radius 3 is 2.08 bits per heavy atom. The molecule has 0 saturated heterocycles. The van der Waals surface area contributed by atoms with Gasteiger partial charge in [-0.3, -0.25) is 4.79 Å². The van der Waals surface area contributed by atoms with Crippen LogP contribution in [0.2, 0.25) is 0 Å². The summed E-state index contributed by atoms with van der Waals surface area (Å²) < 4.78 is 1.02. The summed E-state index contributed by atoms with van der Waals surface area (Å²) in [5.74, 6) is 0.0498. The molecule has 1 aliphatic rings. The molecule has 0 N–H and O–H groups in total. The Morgan fingerprint density at radius 1 is 0.880 bits per heavy atom. The maximum atomic E-state index is 13.0. The Bertz CT molecular complexity index is 767. The molecule has 3 rings (SSSR count). The lowest BCUT2D eigenvalue weighted by molar-refractivity contribution is -0.904. The fraction of sp³-hybridized carbons (Fsp3) is 0.381. The minimum atomic E-state index is 0.0498. The Hall–Kier alpha value is -2.33. The van der Waals surface area contributed by atoms with Gasteiger partial charge in [-0.2, -0.15) is 0 Å². The summed E-state index contributed by atoms with van der Waals surface area (Å²) in [6.45, 7) is 8.61. The van der Waals surface area contributed by atoms with E-state index in [1.807, 2.05) is 43.4 Å². The average Bonchev–Trinajstić information content (AvgIpc) is 2.75. The van der Waals surface area contributed by atoms with E-state index in [2.05, 4.69) is 37.9 Å². The molecule has 0 aromatic heterocycles. The second-order valence-corrected chi connectivity index (χ2v) is 7.00. The summed E-state index contributed by atoms with van der Waals surface area (Å²) in [6, 6.07) is 16.1. The van der Waals surface area contributed by atoms with Crippen molar-refractivity contribution >= 4 is 23.0 Å². The Morgan fingerprint density at radius 2 is 1.44 bits per heavy atom. The van der Waals surface area contributed by atoms with Crippen molar-refractivity contribution in [3.8, 4) is 0 Å². The minimum Gasteiger partial charge on any atom is -0.333 e. The fourth-order valence-corrected chi connectivity index (χ4v) is 3.41.